The average Bonchev–Trinajstić information content (AvgIpc) is 3.28. The van der Waals surface area contributed by atoms with Gasteiger partial charge >= 0.3 is 0 Å². The number of benzene rings is 2. The van der Waals surface area contributed by atoms with Gasteiger partial charge in [-0.1, -0.05) is 36.4 Å². The van der Waals surface area contributed by atoms with Crippen LogP contribution < -0.4 is 5.73 Å². The van der Waals surface area contributed by atoms with Gasteiger partial charge in [0.15, 0.2) is 0 Å². The van der Waals surface area contributed by atoms with Gasteiger partial charge in [-0.15, -0.1) is 0 Å². The highest BCUT2D eigenvalue weighted by Gasteiger charge is 2.24. The van der Waals surface area contributed by atoms with Gasteiger partial charge in [-0.3, -0.25) is 9.48 Å². The van der Waals surface area contributed by atoms with Crippen molar-refractivity contribution in [2.24, 2.45) is 5.73 Å². The molecule has 5 heteroatoms. The molecule has 0 radical (unpaired) electrons. The van der Waals surface area contributed by atoms with Crippen molar-refractivity contribution in [1.29, 1.82) is 0 Å². The maximum absolute atomic E-state index is 12.8. The van der Waals surface area contributed by atoms with Crippen LogP contribution in [0.15, 0.2) is 67.0 Å². The monoisotopic (exact) mass is 360 g/mol. The minimum absolute atomic E-state index is 0.104. The lowest BCUT2D eigenvalue weighted by Gasteiger charge is -2.32. The fourth-order valence-electron chi connectivity index (χ4n) is 3.78. The lowest BCUT2D eigenvalue weighted by atomic mass is 9.98. The minimum Gasteiger partial charge on any atom is -0.338 e. The molecule has 1 aromatic heterocycles. The molecule has 1 amide bonds. The third kappa shape index (κ3) is 3.64. The summed E-state index contributed by atoms with van der Waals surface area (Å²) in [6.45, 7) is 2.03. The Morgan fingerprint density at radius 1 is 1.04 bits per heavy atom. The van der Waals surface area contributed by atoms with Crippen LogP contribution in [0.3, 0.4) is 0 Å². The van der Waals surface area contributed by atoms with Crippen molar-refractivity contribution < 1.29 is 4.79 Å². The van der Waals surface area contributed by atoms with E-state index in [4.69, 9.17) is 5.73 Å². The van der Waals surface area contributed by atoms with Gasteiger partial charge in [0.25, 0.3) is 5.91 Å². The quantitative estimate of drug-likeness (QED) is 0.775. The second kappa shape index (κ2) is 7.76. The fourth-order valence-corrected chi connectivity index (χ4v) is 3.78. The molecule has 2 aromatic carbocycles. The van der Waals surface area contributed by atoms with Crippen molar-refractivity contribution in [2.75, 3.05) is 13.1 Å². The predicted octanol–water partition coefficient (Wildman–Crippen LogP) is 3.49. The van der Waals surface area contributed by atoms with E-state index < -0.39 is 0 Å². The Morgan fingerprint density at radius 2 is 1.78 bits per heavy atom. The Morgan fingerprint density at radius 3 is 2.44 bits per heavy atom. The molecule has 27 heavy (non-hydrogen) atoms. The van der Waals surface area contributed by atoms with Crippen LogP contribution in [0.25, 0.3) is 11.1 Å². The predicted molar refractivity (Wildman–Crippen MR) is 106 cm³/mol. The summed E-state index contributed by atoms with van der Waals surface area (Å²) in [7, 11) is 0. The van der Waals surface area contributed by atoms with Crippen molar-refractivity contribution in [2.45, 2.75) is 25.4 Å². The summed E-state index contributed by atoms with van der Waals surface area (Å²) < 4.78 is 2.01. The van der Waals surface area contributed by atoms with E-state index in [9.17, 15) is 4.79 Å². The van der Waals surface area contributed by atoms with Crippen molar-refractivity contribution in [3.63, 3.8) is 0 Å². The Labute approximate surface area is 159 Å². The molecule has 2 N–H and O–H groups in total. The Bertz CT molecular complexity index is 894. The Hall–Kier alpha value is -2.92. The molecule has 0 aliphatic carbocycles. The maximum atomic E-state index is 12.8. The number of nitrogens with zero attached hydrogens (tertiary/aromatic N) is 3. The highest BCUT2D eigenvalue weighted by atomic mass is 16.2. The second-order valence-corrected chi connectivity index (χ2v) is 6.95. The van der Waals surface area contributed by atoms with E-state index in [-0.39, 0.29) is 5.91 Å². The van der Waals surface area contributed by atoms with Crippen LogP contribution in [0.4, 0.5) is 0 Å². The zero-order chi connectivity index (χ0) is 18.6. The first-order valence-electron chi connectivity index (χ1n) is 9.43. The number of piperidine rings is 1. The highest BCUT2D eigenvalue weighted by molar-refractivity contribution is 5.94. The number of aromatic nitrogens is 2. The van der Waals surface area contributed by atoms with Gasteiger partial charge in [0, 0.05) is 37.6 Å². The number of hydrogen-bond acceptors (Lipinski definition) is 3. The highest BCUT2D eigenvalue weighted by Crippen LogP contribution is 2.26. The summed E-state index contributed by atoms with van der Waals surface area (Å²) in [5.74, 6) is 0.104. The van der Waals surface area contributed by atoms with E-state index in [0.29, 0.717) is 12.6 Å². The van der Waals surface area contributed by atoms with E-state index in [2.05, 4.69) is 11.2 Å². The van der Waals surface area contributed by atoms with Gasteiger partial charge in [-0.05, 0) is 47.7 Å². The molecular formula is C22H24N4O. The van der Waals surface area contributed by atoms with Crippen molar-refractivity contribution in [3.05, 3.63) is 78.1 Å². The number of hydrogen-bond donors (Lipinski definition) is 1. The molecule has 1 aliphatic rings. The van der Waals surface area contributed by atoms with Crippen LogP contribution in [-0.4, -0.2) is 33.7 Å². The van der Waals surface area contributed by atoms with Crippen LogP contribution in [0.5, 0.6) is 0 Å². The fraction of sp³-hybridized carbons (Fsp3) is 0.273. The second-order valence-electron chi connectivity index (χ2n) is 6.95. The largest absolute Gasteiger partial charge is 0.338 e. The molecule has 3 aromatic rings. The number of carbonyl (C=O) groups is 1. The molecule has 4 rings (SSSR count). The zero-order valence-electron chi connectivity index (χ0n) is 15.3. The summed E-state index contributed by atoms with van der Waals surface area (Å²) in [6, 6.07) is 18.3. The van der Waals surface area contributed by atoms with Crippen LogP contribution in [0.1, 0.15) is 34.8 Å². The number of nitrogens with two attached hydrogens (primary N) is 1. The average molecular weight is 360 g/mol. The van der Waals surface area contributed by atoms with Crippen LogP contribution in [0.2, 0.25) is 0 Å². The third-order valence-electron chi connectivity index (χ3n) is 5.33. The van der Waals surface area contributed by atoms with E-state index >= 15 is 0 Å². The van der Waals surface area contributed by atoms with Gasteiger partial charge in [0.1, 0.15) is 0 Å². The molecule has 1 saturated heterocycles. The Kier molecular flexibility index (Phi) is 5.03. The number of amides is 1. The molecule has 0 atom stereocenters. The molecule has 2 heterocycles. The first-order chi connectivity index (χ1) is 13.3. The maximum Gasteiger partial charge on any atom is 0.253 e. The lowest BCUT2D eigenvalue weighted by molar-refractivity contribution is 0.0690. The zero-order valence-corrected chi connectivity index (χ0v) is 15.3. The molecule has 1 aliphatic heterocycles. The van der Waals surface area contributed by atoms with Crippen LogP contribution >= 0.6 is 0 Å². The molecule has 0 saturated carbocycles. The van der Waals surface area contributed by atoms with Gasteiger partial charge in [-0.25, -0.2) is 0 Å². The molecule has 0 bridgehead atoms. The Balaban J connectivity index is 1.44. The summed E-state index contributed by atoms with van der Waals surface area (Å²) in [5.41, 5.74) is 9.90. The third-order valence-corrected chi connectivity index (χ3v) is 5.33. The molecule has 0 spiro atoms. The number of rotatable bonds is 4. The normalized spacial score (nSPS) is 15.1. The number of likely N-dealkylation sites (tertiary alicyclic amines) is 1. The van der Waals surface area contributed by atoms with Gasteiger partial charge in [0.05, 0.1) is 6.04 Å². The molecule has 138 valence electrons. The van der Waals surface area contributed by atoms with Gasteiger partial charge in [0.2, 0.25) is 0 Å². The van der Waals surface area contributed by atoms with Gasteiger partial charge < -0.3 is 10.6 Å². The van der Waals surface area contributed by atoms with Crippen LogP contribution in [0, 0.1) is 0 Å². The smallest absolute Gasteiger partial charge is 0.253 e. The molecule has 1 fully saturated rings. The van der Waals surface area contributed by atoms with Crippen molar-refractivity contribution >= 4 is 5.91 Å². The standard InChI is InChI=1S/C22H24N4O/c23-16-19-4-1-2-5-21(19)17-6-8-18(9-7-17)22(27)25-14-10-20(11-15-25)26-13-3-12-24-26/h1-9,12-13,20H,10-11,14-16,23H2. The first-order valence-corrected chi connectivity index (χ1v) is 9.43. The summed E-state index contributed by atoms with van der Waals surface area (Å²) in [6.07, 6.45) is 5.69. The topological polar surface area (TPSA) is 64.2 Å². The minimum atomic E-state index is 0.104. The van der Waals surface area contributed by atoms with Crippen LogP contribution in [-0.2, 0) is 6.54 Å². The lowest BCUT2D eigenvalue weighted by Crippen LogP contribution is -2.39. The summed E-state index contributed by atoms with van der Waals surface area (Å²) in [5, 5.41) is 4.32. The van der Waals surface area contributed by atoms with Gasteiger partial charge in [-0.2, -0.15) is 5.10 Å². The SMILES string of the molecule is NCc1ccccc1-c1ccc(C(=O)N2CCC(n3cccn3)CC2)cc1. The summed E-state index contributed by atoms with van der Waals surface area (Å²) >= 11 is 0. The number of carbonyl (C=O) groups excluding carboxylic acids is 1. The van der Waals surface area contributed by atoms with E-state index in [1.54, 1.807) is 0 Å². The first kappa shape index (κ1) is 17.5. The van der Waals surface area contributed by atoms with E-state index in [1.807, 2.05) is 70.5 Å². The van der Waals surface area contributed by atoms with E-state index in [0.717, 1.165) is 48.2 Å². The molecular weight excluding hydrogens is 336 g/mol. The van der Waals surface area contributed by atoms with Crippen molar-refractivity contribution in [1.82, 2.24) is 14.7 Å². The van der Waals surface area contributed by atoms with Crippen molar-refractivity contribution in [3.8, 4) is 11.1 Å². The molecule has 0 unspecified atom stereocenters. The summed E-state index contributed by atoms with van der Waals surface area (Å²) in [4.78, 5) is 14.8. The molecule has 5 nitrogen and oxygen atoms in total. The van der Waals surface area contributed by atoms with E-state index in [1.165, 1.54) is 0 Å².